The van der Waals surface area contributed by atoms with E-state index in [-0.39, 0.29) is 25.8 Å². The average molecular weight is 903 g/mol. The second kappa shape index (κ2) is 46.2. The lowest BCUT2D eigenvalue weighted by Gasteiger charge is -2.24. The van der Waals surface area contributed by atoms with E-state index in [1.165, 1.54) is 89.9 Å². The smallest absolute Gasteiger partial charge is 0.457 e. The van der Waals surface area contributed by atoms with Gasteiger partial charge in [0.25, 0.3) is 0 Å². The number of carbonyl (C=O) groups excluding carboxylic acids is 1. The molecule has 8 nitrogen and oxygen atoms in total. The van der Waals surface area contributed by atoms with Crippen LogP contribution in [0.25, 0.3) is 0 Å². The SMILES string of the molecule is CC/C=C\C/C=C\C/C=C\C/C=C\CCCCCCCCCCC(=O)OC(COCCCCCCCCC/C=C\C/C=C\C/C=C\CCCCC)COP(=O)(O)OCC[N+](C)(C)C. The number of phosphoric acid groups is 1. The van der Waals surface area contributed by atoms with Crippen molar-refractivity contribution in [3.8, 4) is 0 Å². The highest BCUT2D eigenvalue weighted by molar-refractivity contribution is 7.47. The predicted octanol–water partition coefficient (Wildman–Crippen LogP) is 15.6. The van der Waals surface area contributed by atoms with Crippen molar-refractivity contribution >= 4 is 13.8 Å². The molecule has 9 heteroatoms. The lowest BCUT2D eigenvalue weighted by atomic mass is 10.1. The minimum atomic E-state index is -4.29. The molecule has 0 aromatic heterocycles. The van der Waals surface area contributed by atoms with Crippen LogP contribution in [-0.4, -0.2) is 75.6 Å². The number of ether oxygens (including phenoxy) is 2. The summed E-state index contributed by atoms with van der Waals surface area (Å²) in [4.78, 5) is 23.0. The summed E-state index contributed by atoms with van der Waals surface area (Å²) < 4.78 is 35.1. The number of hydrogen-bond acceptors (Lipinski definition) is 6. The first kappa shape index (κ1) is 60.7. The summed E-state index contributed by atoms with van der Waals surface area (Å²) >= 11 is 0. The highest BCUT2D eigenvalue weighted by atomic mass is 31.2. The van der Waals surface area contributed by atoms with Crippen LogP contribution >= 0.6 is 7.82 Å². The third-order valence-corrected chi connectivity index (χ3v) is 11.4. The minimum absolute atomic E-state index is 0.0802. The van der Waals surface area contributed by atoms with Gasteiger partial charge in [0.1, 0.15) is 19.3 Å². The zero-order chi connectivity index (χ0) is 46.2. The lowest BCUT2D eigenvalue weighted by molar-refractivity contribution is -0.870. The summed E-state index contributed by atoms with van der Waals surface area (Å²) in [7, 11) is 1.64. The molecule has 0 fully saturated rings. The van der Waals surface area contributed by atoms with Gasteiger partial charge in [0.2, 0.25) is 0 Å². The Labute approximate surface area is 388 Å². The number of quaternary nitrogens is 1. The number of likely N-dealkylation sites (N-methyl/N-ethyl adjacent to an activating group) is 1. The third kappa shape index (κ3) is 50.5. The first-order valence-electron chi connectivity index (χ1n) is 25.3. The Kier molecular flexibility index (Phi) is 44.5. The maximum absolute atomic E-state index is 12.8. The summed E-state index contributed by atoms with van der Waals surface area (Å²) in [6.45, 7) is 5.44. The minimum Gasteiger partial charge on any atom is -0.457 e. The molecule has 0 aromatic rings. The zero-order valence-electron chi connectivity index (χ0n) is 41.3. The topological polar surface area (TPSA) is 91.3 Å². The van der Waals surface area contributed by atoms with Crippen molar-refractivity contribution in [2.24, 2.45) is 0 Å². The van der Waals surface area contributed by atoms with E-state index in [4.69, 9.17) is 18.5 Å². The zero-order valence-corrected chi connectivity index (χ0v) is 42.2. The molecule has 0 heterocycles. The van der Waals surface area contributed by atoms with E-state index < -0.39 is 13.9 Å². The summed E-state index contributed by atoms with van der Waals surface area (Å²) in [5.74, 6) is -0.328. The predicted molar refractivity (Wildman–Crippen MR) is 270 cm³/mol. The van der Waals surface area contributed by atoms with Gasteiger partial charge in [-0.1, -0.05) is 182 Å². The largest absolute Gasteiger partial charge is 0.472 e. The Balaban J connectivity index is 4.21. The number of rotatable bonds is 46. The standard InChI is InChI=1S/C54H96NO7P/c1-6-8-10-12-14-16-18-20-22-24-26-28-29-31-33-35-37-39-41-43-45-47-54(56)62-53(52-61-63(57,58)60-50-48-55(3,4)5)51-59-49-46-44-42-40-38-36-34-32-30-27-25-23-21-19-17-15-13-11-9-7-2/h8,10,14-17,20-23,26-28,30,53H,6-7,9,11-13,18-19,24-25,29,31-52H2,1-5H3/p+1/b10-8-,16-14-,17-15-,22-20-,23-21-,28-26-,30-27-. The number of unbranched alkanes of at least 4 members (excludes halogenated alkanes) is 18. The van der Waals surface area contributed by atoms with Gasteiger partial charge in [-0.3, -0.25) is 13.8 Å². The van der Waals surface area contributed by atoms with Gasteiger partial charge in [0, 0.05) is 13.0 Å². The van der Waals surface area contributed by atoms with Gasteiger partial charge in [0.15, 0.2) is 0 Å². The molecule has 0 aliphatic rings. The molecule has 0 saturated carbocycles. The Morgan fingerprint density at radius 2 is 0.921 bits per heavy atom. The van der Waals surface area contributed by atoms with Crippen LogP contribution in [0.2, 0.25) is 0 Å². The van der Waals surface area contributed by atoms with Gasteiger partial charge in [-0.2, -0.15) is 0 Å². The van der Waals surface area contributed by atoms with E-state index in [1.54, 1.807) is 0 Å². The fraction of sp³-hybridized carbons (Fsp3) is 0.722. The molecule has 0 aliphatic heterocycles. The van der Waals surface area contributed by atoms with Gasteiger partial charge in [-0.25, -0.2) is 4.57 Å². The Morgan fingerprint density at radius 3 is 1.38 bits per heavy atom. The third-order valence-electron chi connectivity index (χ3n) is 10.4. The molecule has 2 atom stereocenters. The summed E-state index contributed by atoms with van der Waals surface area (Å²) in [6, 6.07) is 0. The molecule has 0 bridgehead atoms. The van der Waals surface area contributed by atoms with E-state index in [2.05, 4.69) is 98.9 Å². The van der Waals surface area contributed by atoms with E-state index in [0.717, 1.165) is 83.5 Å². The maximum Gasteiger partial charge on any atom is 0.472 e. The molecule has 0 spiro atoms. The molecule has 0 radical (unpaired) electrons. The molecule has 1 N–H and O–H groups in total. The van der Waals surface area contributed by atoms with Crippen molar-refractivity contribution in [2.75, 3.05) is 54.1 Å². The average Bonchev–Trinajstić information content (AvgIpc) is 3.24. The number of hydrogen-bond donors (Lipinski definition) is 1. The quantitative estimate of drug-likeness (QED) is 0.0214. The van der Waals surface area contributed by atoms with E-state index in [0.29, 0.717) is 24.1 Å². The molecule has 0 aliphatic carbocycles. The van der Waals surface area contributed by atoms with Crippen molar-refractivity contribution in [3.63, 3.8) is 0 Å². The molecule has 0 amide bonds. The summed E-state index contributed by atoms with van der Waals surface area (Å²) in [5, 5.41) is 0. The van der Waals surface area contributed by atoms with Crippen LogP contribution in [0.4, 0.5) is 0 Å². The van der Waals surface area contributed by atoms with Crippen LogP contribution in [-0.2, 0) is 27.9 Å². The lowest BCUT2D eigenvalue weighted by Crippen LogP contribution is -2.37. The van der Waals surface area contributed by atoms with Crippen molar-refractivity contribution in [1.82, 2.24) is 0 Å². The normalized spacial score (nSPS) is 14.3. The van der Waals surface area contributed by atoms with Crippen molar-refractivity contribution in [1.29, 1.82) is 0 Å². The van der Waals surface area contributed by atoms with E-state index in [9.17, 15) is 14.3 Å². The van der Waals surface area contributed by atoms with Crippen LogP contribution in [0.15, 0.2) is 85.1 Å². The second-order valence-corrected chi connectivity index (χ2v) is 19.3. The maximum atomic E-state index is 12.8. The van der Waals surface area contributed by atoms with E-state index >= 15 is 0 Å². The molecule has 2 unspecified atom stereocenters. The Bertz CT molecular complexity index is 1280. The number of carbonyl (C=O) groups is 1. The van der Waals surface area contributed by atoms with Gasteiger partial charge < -0.3 is 18.9 Å². The van der Waals surface area contributed by atoms with Crippen LogP contribution in [0, 0.1) is 0 Å². The van der Waals surface area contributed by atoms with Gasteiger partial charge in [0.05, 0.1) is 34.4 Å². The monoisotopic (exact) mass is 903 g/mol. The highest BCUT2D eigenvalue weighted by Gasteiger charge is 2.26. The number of allylic oxidation sites excluding steroid dienone is 14. The van der Waals surface area contributed by atoms with Crippen molar-refractivity contribution in [2.45, 2.75) is 200 Å². The molecule has 63 heavy (non-hydrogen) atoms. The first-order valence-corrected chi connectivity index (χ1v) is 26.8. The van der Waals surface area contributed by atoms with E-state index in [1.807, 2.05) is 21.1 Å². The molecule has 0 rings (SSSR count). The fourth-order valence-corrected chi connectivity index (χ4v) is 7.29. The molecule has 364 valence electrons. The molecular weight excluding hydrogens is 806 g/mol. The highest BCUT2D eigenvalue weighted by Crippen LogP contribution is 2.43. The number of phosphoric ester groups is 1. The van der Waals surface area contributed by atoms with Crippen LogP contribution in [0.3, 0.4) is 0 Å². The van der Waals surface area contributed by atoms with Crippen LogP contribution in [0.1, 0.15) is 194 Å². The fourth-order valence-electron chi connectivity index (χ4n) is 6.55. The van der Waals surface area contributed by atoms with Gasteiger partial charge >= 0.3 is 13.8 Å². The number of nitrogens with zero attached hydrogens (tertiary/aromatic N) is 1. The second-order valence-electron chi connectivity index (χ2n) is 17.8. The summed E-state index contributed by atoms with van der Waals surface area (Å²) in [5.41, 5.74) is 0. The van der Waals surface area contributed by atoms with Crippen molar-refractivity contribution < 1.29 is 37.3 Å². The van der Waals surface area contributed by atoms with Crippen LogP contribution in [0.5, 0.6) is 0 Å². The molecule has 0 aromatic carbocycles. The van der Waals surface area contributed by atoms with Gasteiger partial charge in [-0.05, 0) is 89.9 Å². The van der Waals surface area contributed by atoms with Gasteiger partial charge in [-0.15, -0.1) is 0 Å². The number of esters is 1. The van der Waals surface area contributed by atoms with Crippen LogP contribution < -0.4 is 0 Å². The Morgan fingerprint density at radius 1 is 0.508 bits per heavy atom. The van der Waals surface area contributed by atoms with Crippen molar-refractivity contribution in [3.05, 3.63) is 85.1 Å². The summed E-state index contributed by atoms with van der Waals surface area (Å²) in [6.07, 6.45) is 61.9. The molecule has 0 saturated heterocycles. The first-order chi connectivity index (χ1) is 30.6. The Hall–Kier alpha value is -2.32. The molecular formula is C54H97NO7P+.